The molecule has 0 aliphatic carbocycles. The number of hydrogen-bond donors (Lipinski definition) is 1. The highest BCUT2D eigenvalue weighted by Gasteiger charge is 2.14. The third-order valence-electron chi connectivity index (χ3n) is 1.82. The zero-order valence-corrected chi connectivity index (χ0v) is 10.1. The topological polar surface area (TPSA) is 47.0 Å². The van der Waals surface area contributed by atoms with Crippen molar-refractivity contribution in [2.24, 2.45) is 0 Å². The van der Waals surface area contributed by atoms with E-state index in [-0.39, 0.29) is 5.60 Å². The lowest BCUT2D eigenvalue weighted by molar-refractivity contribution is 0.116. The molecule has 0 aliphatic heterocycles. The SMILES string of the molecule is CNCc1cnc(OC(C)(C)C)nc1C. The van der Waals surface area contributed by atoms with Crippen molar-refractivity contribution in [1.29, 1.82) is 0 Å². The lowest BCUT2D eigenvalue weighted by atomic mass is 10.2. The van der Waals surface area contributed by atoms with Crippen molar-refractivity contribution in [2.75, 3.05) is 7.05 Å². The Kier molecular flexibility index (Phi) is 3.63. The Hall–Kier alpha value is -1.16. The van der Waals surface area contributed by atoms with Crippen LogP contribution < -0.4 is 10.1 Å². The molecule has 1 rings (SSSR count). The lowest BCUT2D eigenvalue weighted by Gasteiger charge is -2.19. The summed E-state index contributed by atoms with van der Waals surface area (Å²) in [6.07, 6.45) is 1.81. The Bertz CT molecular complexity index is 331. The summed E-state index contributed by atoms with van der Waals surface area (Å²) < 4.78 is 5.57. The number of rotatable bonds is 3. The molecule has 1 N–H and O–H groups in total. The van der Waals surface area contributed by atoms with Crippen LogP contribution in [-0.2, 0) is 6.54 Å². The minimum Gasteiger partial charge on any atom is -0.458 e. The fraction of sp³-hybridized carbons (Fsp3) is 0.636. The molecule has 4 nitrogen and oxygen atoms in total. The molecule has 1 aromatic rings. The second-order valence-corrected chi connectivity index (χ2v) is 4.51. The molecule has 4 heteroatoms. The maximum atomic E-state index is 5.57. The summed E-state index contributed by atoms with van der Waals surface area (Å²) in [5, 5.41) is 3.07. The first kappa shape index (κ1) is 11.9. The molecule has 0 saturated heterocycles. The van der Waals surface area contributed by atoms with Gasteiger partial charge in [-0.3, -0.25) is 0 Å². The first-order chi connectivity index (χ1) is 6.92. The summed E-state index contributed by atoms with van der Waals surface area (Å²) >= 11 is 0. The van der Waals surface area contributed by atoms with E-state index < -0.39 is 0 Å². The molecule has 0 atom stereocenters. The van der Waals surface area contributed by atoms with Crippen LogP contribution in [0.1, 0.15) is 32.0 Å². The van der Waals surface area contributed by atoms with E-state index in [2.05, 4.69) is 15.3 Å². The van der Waals surface area contributed by atoms with Crippen molar-refractivity contribution >= 4 is 0 Å². The van der Waals surface area contributed by atoms with Gasteiger partial charge in [-0.25, -0.2) is 9.97 Å². The van der Waals surface area contributed by atoms with Gasteiger partial charge in [-0.2, -0.15) is 0 Å². The highest BCUT2D eigenvalue weighted by Crippen LogP contribution is 2.14. The molecule has 1 aromatic heterocycles. The minimum absolute atomic E-state index is 0.253. The first-order valence-electron chi connectivity index (χ1n) is 5.08. The molecule has 84 valence electrons. The molecule has 0 fully saturated rings. The summed E-state index contributed by atoms with van der Waals surface area (Å²) in [5.41, 5.74) is 1.80. The maximum Gasteiger partial charge on any atom is 0.317 e. The van der Waals surface area contributed by atoms with Gasteiger partial charge in [0.15, 0.2) is 0 Å². The predicted octanol–water partition coefficient (Wildman–Crippen LogP) is 1.68. The van der Waals surface area contributed by atoms with Gasteiger partial charge in [-0.1, -0.05) is 0 Å². The maximum absolute atomic E-state index is 5.57. The third kappa shape index (κ3) is 3.83. The number of aryl methyl sites for hydroxylation is 1. The fourth-order valence-corrected chi connectivity index (χ4v) is 1.16. The van der Waals surface area contributed by atoms with Crippen LogP contribution in [0, 0.1) is 6.92 Å². The average molecular weight is 209 g/mol. The molecular weight excluding hydrogens is 190 g/mol. The van der Waals surface area contributed by atoms with Crippen molar-refractivity contribution in [2.45, 2.75) is 39.8 Å². The lowest BCUT2D eigenvalue weighted by Crippen LogP contribution is -2.24. The Morgan fingerprint density at radius 3 is 2.53 bits per heavy atom. The normalized spacial score (nSPS) is 11.5. The van der Waals surface area contributed by atoms with Gasteiger partial charge in [0.2, 0.25) is 0 Å². The van der Waals surface area contributed by atoms with Crippen LogP contribution >= 0.6 is 0 Å². The second kappa shape index (κ2) is 4.57. The molecule has 0 unspecified atom stereocenters. The van der Waals surface area contributed by atoms with Crippen LogP contribution in [-0.4, -0.2) is 22.6 Å². The highest BCUT2D eigenvalue weighted by molar-refractivity contribution is 5.17. The van der Waals surface area contributed by atoms with Crippen LogP contribution in [0.5, 0.6) is 6.01 Å². The van der Waals surface area contributed by atoms with Gasteiger partial charge in [0.1, 0.15) is 5.60 Å². The van der Waals surface area contributed by atoms with Crippen LogP contribution in [0.3, 0.4) is 0 Å². The molecule has 0 amide bonds. The fourth-order valence-electron chi connectivity index (χ4n) is 1.16. The van der Waals surface area contributed by atoms with Gasteiger partial charge < -0.3 is 10.1 Å². The van der Waals surface area contributed by atoms with Crippen LogP contribution in [0.25, 0.3) is 0 Å². The number of nitrogens with one attached hydrogen (secondary N) is 1. The zero-order chi connectivity index (χ0) is 11.5. The monoisotopic (exact) mass is 209 g/mol. The van der Waals surface area contributed by atoms with Crippen LogP contribution in [0.15, 0.2) is 6.20 Å². The van der Waals surface area contributed by atoms with E-state index >= 15 is 0 Å². The van der Waals surface area contributed by atoms with Crippen molar-refractivity contribution in [3.05, 3.63) is 17.5 Å². The minimum atomic E-state index is -0.253. The van der Waals surface area contributed by atoms with Gasteiger partial charge in [-0.05, 0) is 34.7 Å². The molecule has 1 heterocycles. The van der Waals surface area contributed by atoms with E-state index in [0.717, 1.165) is 17.8 Å². The van der Waals surface area contributed by atoms with Gasteiger partial charge in [0.05, 0.1) is 0 Å². The smallest absolute Gasteiger partial charge is 0.317 e. The molecule has 0 bridgehead atoms. The number of aromatic nitrogens is 2. The Balaban J connectivity index is 2.82. The van der Waals surface area contributed by atoms with E-state index in [4.69, 9.17) is 4.74 Å². The third-order valence-corrected chi connectivity index (χ3v) is 1.82. The van der Waals surface area contributed by atoms with Gasteiger partial charge in [0, 0.05) is 24.0 Å². The van der Waals surface area contributed by atoms with Gasteiger partial charge in [0.25, 0.3) is 0 Å². The molecular formula is C11H19N3O. The molecule has 0 spiro atoms. The number of nitrogens with zero attached hydrogens (tertiary/aromatic N) is 2. The summed E-state index contributed by atoms with van der Waals surface area (Å²) in [6, 6.07) is 0.444. The van der Waals surface area contributed by atoms with Crippen LogP contribution in [0.4, 0.5) is 0 Å². The van der Waals surface area contributed by atoms with E-state index in [9.17, 15) is 0 Å². The summed E-state index contributed by atoms with van der Waals surface area (Å²) in [6.45, 7) is 8.68. The summed E-state index contributed by atoms with van der Waals surface area (Å²) in [5.74, 6) is 0. The van der Waals surface area contributed by atoms with E-state index in [1.165, 1.54) is 0 Å². The number of ether oxygens (including phenoxy) is 1. The Morgan fingerprint density at radius 1 is 1.40 bits per heavy atom. The van der Waals surface area contributed by atoms with Crippen molar-refractivity contribution in [3.63, 3.8) is 0 Å². The molecule has 0 saturated carbocycles. The molecule has 0 radical (unpaired) electrons. The average Bonchev–Trinajstić information content (AvgIpc) is 2.07. The van der Waals surface area contributed by atoms with Crippen LogP contribution in [0.2, 0.25) is 0 Å². The largest absolute Gasteiger partial charge is 0.458 e. The van der Waals surface area contributed by atoms with E-state index in [0.29, 0.717) is 6.01 Å². The second-order valence-electron chi connectivity index (χ2n) is 4.51. The summed E-state index contributed by atoms with van der Waals surface area (Å²) in [7, 11) is 1.90. The quantitative estimate of drug-likeness (QED) is 0.822. The van der Waals surface area contributed by atoms with Crippen molar-refractivity contribution in [1.82, 2.24) is 15.3 Å². The van der Waals surface area contributed by atoms with Crippen molar-refractivity contribution in [3.8, 4) is 6.01 Å². The standard InChI is InChI=1S/C11H19N3O/c1-8-9(6-12-5)7-13-10(14-8)15-11(2,3)4/h7,12H,6H2,1-5H3. The van der Waals surface area contributed by atoms with E-state index in [1.807, 2.05) is 34.7 Å². The first-order valence-corrected chi connectivity index (χ1v) is 5.08. The molecule has 15 heavy (non-hydrogen) atoms. The zero-order valence-electron chi connectivity index (χ0n) is 10.1. The van der Waals surface area contributed by atoms with Gasteiger partial charge in [-0.15, -0.1) is 0 Å². The number of hydrogen-bond acceptors (Lipinski definition) is 4. The molecule has 0 aliphatic rings. The summed E-state index contributed by atoms with van der Waals surface area (Å²) in [4.78, 5) is 8.47. The Labute approximate surface area is 91.1 Å². The predicted molar refractivity (Wildman–Crippen MR) is 59.9 cm³/mol. The van der Waals surface area contributed by atoms with Crippen molar-refractivity contribution < 1.29 is 4.74 Å². The highest BCUT2D eigenvalue weighted by atomic mass is 16.5. The van der Waals surface area contributed by atoms with E-state index in [1.54, 1.807) is 6.20 Å². The van der Waals surface area contributed by atoms with Gasteiger partial charge >= 0.3 is 6.01 Å². The molecule has 0 aromatic carbocycles. The Morgan fingerprint density at radius 2 is 2.07 bits per heavy atom.